The minimum absolute atomic E-state index is 0.391. The minimum Gasteiger partial charge on any atom is -0.372 e. The summed E-state index contributed by atoms with van der Waals surface area (Å²) in [6, 6.07) is 5.66. The molecule has 2 nitrogen and oxygen atoms in total. The van der Waals surface area contributed by atoms with Crippen LogP contribution in [-0.4, -0.2) is 11.1 Å². The van der Waals surface area contributed by atoms with Gasteiger partial charge in [-0.2, -0.15) is 0 Å². The Bertz CT molecular complexity index is 369. The van der Waals surface area contributed by atoms with E-state index in [1.165, 1.54) is 19.3 Å². The van der Waals surface area contributed by atoms with Gasteiger partial charge in [-0.05, 0) is 43.2 Å². The van der Waals surface area contributed by atoms with Gasteiger partial charge in [-0.15, -0.1) is 0 Å². The molecule has 0 aromatic carbocycles. The van der Waals surface area contributed by atoms with Gasteiger partial charge in [0.2, 0.25) is 0 Å². The van der Waals surface area contributed by atoms with Gasteiger partial charge >= 0.3 is 0 Å². The second-order valence-corrected chi connectivity index (χ2v) is 5.54. The highest BCUT2D eigenvalue weighted by Crippen LogP contribution is 2.31. The molecule has 0 spiro atoms. The van der Waals surface area contributed by atoms with Crippen LogP contribution in [0.15, 0.2) is 18.2 Å². The van der Waals surface area contributed by atoms with Crippen LogP contribution >= 0.6 is 11.6 Å². The van der Waals surface area contributed by atoms with Crippen molar-refractivity contribution < 1.29 is 4.74 Å². The molecule has 1 aliphatic rings. The molecule has 0 saturated heterocycles. The minimum atomic E-state index is 0.391. The van der Waals surface area contributed by atoms with E-state index in [9.17, 15) is 0 Å². The molecule has 17 heavy (non-hydrogen) atoms. The van der Waals surface area contributed by atoms with Gasteiger partial charge in [0, 0.05) is 0 Å². The molecule has 3 heteroatoms. The summed E-state index contributed by atoms with van der Waals surface area (Å²) in [6.07, 6.45) is 4.00. The first-order valence-corrected chi connectivity index (χ1v) is 6.76. The molecule has 0 aliphatic heterocycles. The highest BCUT2D eigenvalue weighted by Gasteiger charge is 2.24. The molecular formula is C14H20ClNO. The maximum Gasteiger partial charge on any atom is 0.129 e. The zero-order chi connectivity index (χ0) is 12.3. The number of ether oxygens (including phenoxy) is 1. The van der Waals surface area contributed by atoms with Crippen molar-refractivity contribution in [1.29, 1.82) is 0 Å². The number of pyridine rings is 1. The second kappa shape index (κ2) is 5.83. The van der Waals surface area contributed by atoms with Crippen molar-refractivity contribution in [3.63, 3.8) is 0 Å². The predicted molar refractivity (Wildman–Crippen MR) is 70.0 cm³/mol. The van der Waals surface area contributed by atoms with E-state index in [1.54, 1.807) is 6.07 Å². The fraction of sp³-hybridized carbons (Fsp3) is 0.643. The summed E-state index contributed by atoms with van der Waals surface area (Å²) in [4.78, 5) is 4.23. The molecule has 94 valence electrons. The average molecular weight is 254 g/mol. The van der Waals surface area contributed by atoms with Crippen molar-refractivity contribution >= 4 is 11.6 Å². The van der Waals surface area contributed by atoms with E-state index in [2.05, 4.69) is 18.8 Å². The van der Waals surface area contributed by atoms with Crippen LogP contribution in [0, 0.1) is 11.8 Å². The molecule has 1 heterocycles. The summed E-state index contributed by atoms with van der Waals surface area (Å²) >= 11 is 5.84. The number of hydrogen-bond acceptors (Lipinski definition) is 2. The monoisotopic (exact) mass is 253 g/mol. The van der Waals surface area contributed by atoms with E-state index in [0.29, 0.717) is 17.9 Å². The zero-order valence-corrected chi connectivity index (χ0v) is 11.3. The van der Waals surface area contributed by atoms with Crippen molar-refractivity contribution in [1.82, 2.24) is 4.98 Å². The first-order valence-electron chi connectivity index (χ1n) is 6.38. The molecule has 0 radical (unpaired) electrons. The van der Waals surface area contributed by atoms with Crippen LogP contribution in [-0.2, 0) is 11.3 Å². The largest absolute Gasteiger partial charge is 0.372 e. The Balaban J connectivity index is 1.82. The average Bonchev–Trinajstić information content (AvgIpc) is 2.31. The van der Waals surface area contributed by atoms with Crippen LogP contribution in [0.3, 0.4) is 0 Å². The number of nitrogens with zero attached hydrogens (tertiary/aromatic N) is 1. The normalized spacial score (nSPS) is 29.2. The van der Waals surface area contributed by atoms with Gasteiger partial charge in [0.1, 0.15) is 5.15 Å². The standard InChI is InChI=1S/C14H20ClNO/c1-10-6-7-13(8-11(10)2)17-9-12-4-3-5-14(15)16-12/h3-5,10-11,13H,6-9H2,1-2H3. The van der Waals surface area contributed by atoms with Crippen LogP contribution in [0.1, 0.15) is 38.8 Å². The molecule has 1 aromatic heterocycles. The van der Waals surface area contributed by atoms with Gasteiger partial charge < -0.3 is 4.74 Å². The first-order chi connectivity index (χ1) is 8.15. The van der Waals surface area contributed by atoms with Crippen LogP contribution < -0.4 is 0 Å². The summed E-state index contributed by atoms with van der Waals surface area (Å²) < 4.78 is 5.92. The molecule has 0 amide bonds. The molecule has 0 bridgehead atoms. The first kappa shape index (κ1) is 12.8. The summed E-state index contributed by atoms with van der Waals surface area (Å²) in [5.74, 6) is 1.60. The lowest BCUT2D eigenvalue weighted by Crippen LogP contribution is -2.26. The molecule has 1 fully saturated rings. The smallest absolute Gasteiger partial charge is 0.129 e. The molecule has 0 N–H and O–H groups in total. The third-order valence-corrected chi connectivity index (χ3v) is 4.00. The van der Waals surface area contributed by atoms with Crippen molar-refractivity contribution in [3.05, 3.63) is 29.0 Å². The molecule has 3 atom stereocenters. The van der Waals surface area contributed by atoms with E-state index >= 15 is 0 Å². The Morgan fingerprint density at radius 3 is 2.82 bits per heavy atom. The predicted octanol–water partition coefficient (Wildman–Crippen LogP) is 4.08. The Morgan fingerprint density at radius 1 is 1.29 bits per heavy atom. The quantitative estimate of drug-likeness (QED) is 0.758. The van der Waals surface area contributed by atoms with E-state index in [0.717, 1.165) is 17.5 Å². The van der Waals surface area contributed by atoms with E-state index in [-0.39, 0.29) is 0 Å². The lowest BCUT2D eigenvalue weighted by Gasteiger charge is -2.31. The lowest BCUT2D eigenvalue weighted by molar-refractivity contribution is -0.00874. The third-order valence-electron chi connectivity index (χ3n) is 3.79. The van der Waals surface area contributed by atoms with Crippen LogP contribution in [0.4, 0.5) is 0 Å². The van der Waals surface area contributed by atoms with Crippen molar-refractivity contribution in [2.75, 3.05) is 0 Å². The van der Waals surface area contributed by atoms with Crippen molar-refractivity contribution in [3.8, 4) is 0 Å². The Hall–Kier alpha value is -0.600. The van der Waals surface area contributed by atoms with Gasteiger partial charge in [0.25, 0.3) is 0 Å². The molecule has 1 aromatic rings. The summed E-state index contributed by atoms with van der Waals surface area (Å²) in [5.41, 5.74) is 0.920. The van der Waals surface area contributed by atoms with Crippen molar-refractivity contribution in [2.45, 2.75) is 45.8 Å². The van der Waals surface area contributed by atoms with Gasteiger partial charge in [0.15, 0.2) is 0 Å². The Kier molecular flexibility index (Phi) is 4.41. The fourth-order valence-electron chi connectivity index (χ4n) is 2.38. The molecule has 3 unspecified atom stereocenters. The van der Waals surface area contributed by atoms with Crippen LogP contribution in [0.2, 0.25) is 5.15 Å². The maximum absolute atomic E-state index is 5.92. The Labute approximate surface area is 108 Å². The lowest BCUT2D eigenvalue weighted by atomic mass is 9.80. The third kappa shape index (κ3) is 3.68. The maximum atomic E-state index is 5.92. The highest BCUT2D eigenvalue weighted by atomic mass is 35.5. The van der Waals surface area contributed by atoms with Gasteiger partial charge in [-0.25, -0.2) is 4.98 Å². The number of hydrogen-bond donors (Lipinski definition) is 0. The van der Waals surface area contributed by atoms with E-state index in [1.807, 2.05) is 12.1 Å². The van der Waals surface area contributed by atoms with E-state index < -0.39 is 0 Å². The molecule has 2 rings (SSSR count). The molecule has 1 aliphatic carbocycles. The number of rotatable bonds is 3. The van der Waals surface area contributed by atoms with Gasteiger partial charge in [-0.3, -0.25) is 0 Å². The fourth-order valence-corrected chi connectivity index (χ4v) is 2.56. The van der Waals surface area contributed by atoms with Gasteiger partial charge in [0.05, 0.1) is 18.4 Å². The SMILES string of the molecule is CC1CCC(OCc2cccc(Cl)n2)CC1C. The molecular weight excluding hydrogens is 234 g/mol. The van der Waals surface area contributed by atoms with Crippen molar-refractivity contribution in [2.24, 2.45) is 11.8 Å². The van der Waals surface area contributed by atoms with Gasteiger partial charge in [-0.1, -0.05) is 31.5 Å². The Morgan fingerprint density at radius 2 is 2.12 bits per heavy atom. The summed E-state index contributed by atoms with van der Waals surface area (Å²) in [6.45, 7) is 5.23. The van der Waals surface area contributed by atoms with Crippen LogP contribution in [0.25, 0.3) is 0 Å². The topological polar surface area (TPSA) is 22.1 Å². The molecule has 1 saturated carbocycles. The number of aromatic nitrogens is 1. The summed E-state index contributed by atoms with van der Waals surface area (Å²) in [5, 5.41) is 0.539. The zero-order valence-electron chi connectivity index (χ0n) is 10.5. The second-order valence-electron chi connectivity index (χ2n) is 5.15. The van der Waals surface area contributed by atoms with Crippen LogP contribution in [0.5, 0.6) is 0 Å². The highest BCUT2D eigenvalue weighted by molar-refractivity contribution is 6.29. The van der Waals surface area contributed by atoms with E-state index in [4.69, 9.17) is 16.3 Å². The number of halogens is 1. The summed E-state index contributed by atoms with van der Waals surface area (Å²) in [7, 11) is 0.